The van der Waals surface area contributed by atoms with Crippen LogP contribution in [0.4, 0.5) is 0 Å². The van der Waals surface area contributed by atoms with E-state index in [-0.39, 0.29) is 0 Å². The summed E-state index contributed by atoms with van der Waals surface area (Å²) >= 11 is 0. The largest absolute Gasteiger partial charge is 0.299 e. The topological polar surface area (TPSA) is 20.3 Å². The highest BCUT2D eigenvalue weighted by Gasteiger charge is 2.34. The van der Waals surface area contributed by atoms with Gasteiger partial charge in [-0.25, -0.2) is 0 Å². The number of hydrogen-bond acceptors (Lipinski definition) is 2. The summed E-state index contributed by atoms with van der Waals surface area (Å²) in [6.45, 7) is 2.17. The number of ketones is 1. The third-order valence-electron chi connectivity index (χ3n) is 5.21. The van der Waals surface area contributed by atoms with Crippen LogP contribution in [0.5, 0.6) is 0 Å². The molecule has 2 aliphatic rings. The Balaban J connectivity index is 1.75. The van der Waals surface area contributed by atoms with Gasteiger partial charge in [-0.05, 0) is 37.8 Å². The van der Waals surface area contributed by atoms with E-state index < -0.39 is 0 Å². The molecule has 1 saturated carbocycles. The molecule has 3 rings (SSSR count). The molecule has 1 aromatic carbocycles. The molecule has 1 aliphatic heterocycles. The highest BCUT2D eigenvalue weighted by molar-refractivity contribution is 5.82. The first-order chi connectivity index (χ1) is 10.3. The molecule has 0 aromatic heterocycles. The first kappa shape index (κ1) is 14.8. The van der Waals surface area contributed by atoms with Crippen molar-refractivity contribution in [1.82, 2.24) is 4.90 Å². The van der Waals surface area contributed by atoms with Crippen molar-refractivity contribution in [3.05, 3.63) is 35.9 Å². The summed E-state index contributed by atoms with van der Waals surface area (Å²) in [5, 5.41) is 0. The molecule has 1 saturated heterocycles. The Morgan fingerprint density at radius 2 is 1.76 bits per heavy atom. The van der Waals surface area contributed by atoms with E-state index in [2.05, 4.69) is 35.2 Å². The third-order valence-corrected chi connectivity index (χ3v) is 5.21. The van der Waals surface area contributed by atoms with Gasteiger partial charge in [0.15, 0.2) is 0 Å². The minimum Gasteiger partial charge on any atom is -0.299 e. The van der Waals surface area contributed by atoms with E-state index in [0.29, 0.717) is 17.7 Å². The maximum Gasteiger partial charge on any atom is 0.137 e. The maximum atomic E-state index is 12.4. The average molecular weight is 285 g/mol. The molecular formula is C19H27NO. The van der Waals surface area contributed by atoms with Gasteiger partial charge < -0.3 is 0 Å². The number of carbonyl (C=O) groups excluding carboxylic acids is 1. The predicted octanol–water partition coefficient (Wildman–Crippen LogP) is 4.19. The smallest absolute Gasteiger partial charge is 0.137 e. The molecule has 2 heteroatoms. The Labute approximate surface area is 128 Å². The van der Waals surface area contributed by atoms with Crippen molar-refractivity contribution in [3.8, 4) is 0 Å². The monoisotopic (exact) mass is 285 g/mol. The molecule has 0 spiro atoms. The van der Waals surface area contributed by atoms with Gasteiger partial charge in [0, 0.05) is 24.9 Å². The molecule has 1 aliphatic carbocycles. The molecular weight excluding hydrogens is 258 g/mol. The van der Waals surface area contributed by atoms with Gasteiger partial charge in [-0.3, -0.25) is 9.69 Å². The van der Waals surface area contributed by atoms with Gasteiger partial charge in [0.05, 0.1) is 0 Å². The standard InChI is InChI=1S/C19H27NO/c21-19-13-7-6-11-17(19)18-12-5-2-8-14-20(18)15-16-9-3-1-4-10-16/h1,3-4,9-10,17-18H,2,5-8,11-15H2/t17-,18-/m0/s1. The molecule has 21 heavy (non-hydrogen) atoms. The van der Waals surface area contributed by atoms with E-state index in [1.54, 1.807) is 0 Å². The van der Waals surface area contributed by atoms with Crippen molar-refractivity contribution in [2.75, 3.05) is 6.54 Å². The van der Waals surface area contributed by atoms with E-state index >= 15 is 0 Å². The number of benzene rings is 1. The number of rotatable bonds is 3. The van der Waals surface area contributed by atoms with Crippen LogP contribution in [0.1, 0.15) is 56.9 Å². The lowest BCUT2D eigenvalue weighted by Crippen LogP contribution is -2.43. The number of carbonyl (C=O) groups is 1. The summed E-state index contributed by atoms with van der Waals surface area (Å²) in [6.07, 6.45) is 9.40. The van der Waals surface area contributed by atoms with Gasteiger partial charge in [-0.15, -0.1) is 0 Å². The van der Waals surface area contributed by atoms with Crippen molar-refractivity contribution in [3.63, 3.8) is 0 Å². The second-order valence-electron chi connectivity index (χ2n) is 6.69. The summed E-state index contributed by atoms with van der Waals surface area (Å²) < 4.78 is 0. The van der Waals surface area contributed by atoms with E-state index in [0.717, 1.165) is 32.4 Å². The SMILES string of the molecule is O=C1CCCC[C@H]1[C@@H]1CCCCCN1Cc1ccccc1. The Hall–Kier alpha value is -1.15. The van der Waals surface area contributed by atoms with Crippen LogP contribution in [0, 0.1) is 5.92 Å². The fourth-order valence-electron chi connectivity index (χ4n) is 4.08. The lowest BCUT2D eigenvalue weighted by molar-refractivity contribution is -0.127. The molecule has 2 nitrogen and oxygen atoms in total. The number of Topliss-reactive ketones (excluding diaryl/α,β-unsaturated/α-hetero) is 1. The summed E-state index contributed by atoms with van der Waals surface area (Å²) in [6, 6.07) is 11.2. The van der Waals surface area contributed by atoms with Crippen molar-refractivity contribution in [1.29, 1.82) is 0 Å². The molecule has 0 unspecified atom stereocenters. The molecule has 114 valence electrons. The summed E-state index contributed by atoms with van der Waals surface area (Å²) in [5.41, 5.74) is 1.38. The van der Waals surface area contributed by atoms with Gasteiger partial charge in [0.25, 0.3) is 0 Å². The van der Waals surface area contributed by atoms with Crippen LogP contribution in [0.2, 0.25) is 0 Å². The van der Waals surface area contributed by atoms with Gasteiger partial charge >= 0.3 is 0 Å². The third kappa shape index (κ3) is 3.74. The first-order valence-corrected chi connectivity index (χ1v) is 8.65. The van der Waals surface area contributed by atoms with Crippen LogP contribution in [0.25, 0.3) is 0 Å². The van der Waals surface area contributed by atoms with Crippen molar-refractivity contribution in [2.24, 2.45) is 5.92 Å². The lowest BCUT2D eigenvalue weighted by Gasteiger charge is -2.37. The first-order valence-electron chi connectivity index (χ1n) is 8.65. The van der Waals surface area contributed by atoms with Crippen molar-refractivity contribution in [2.45, 2.75) is 64.0 Å². The normalized spacial score (nSPS) is 28.3. The van der Waals surface area contributed by atoms with Crippen LogP contribution < -0.4 is 0 Å². The number of likely N-dealkylation sites (tertiary alicyclic amines) is 1. The minimum absolute atomic E-state index is 0.306. The van der Waals surface area contributed by atoms with Crippen LogP contribution in [0.3, 0.4) is 0 Å². The second kappa shape index (κ2) is 7.22. The fraction of sp³-hybridized carbons (Fsp3) is 0.632. The second-order valence-corrected chi connectivity index (χ2v) is 6.69. The molecule has 0 amide bonds. The van der Waals surface area contributed by atoms with E-state index in [1.165, 1.54) is 37.7 Å². The molecule has 0 N–H and O–H groups in total. The highest BCUT2D eigenvalue weighted by Crippen LogP contribution is 2.32. The van der Waals surface area contributed by atoms with E-state index in [4.69, 9.17) is 0 Å². The Morgan fingerprint density at radius 1 is 0.952 bits per heavy atom. The Morgan fingerprint density at radius 3 is 2.57 bits per heavy atom. The van der Waals surface area contributed by atoms with Crippen molar-refractivity contribution >= 4 is 5.78 Å². The Bertz CT molecular complexity index is 456. The van der Waals surface area contributed by atoms with Crippen LogP contribution in [0.15, 0.2) is 30.3 Å². The van der Waals surface area contributed by atoms with Gasteiger partial charge in [0.2, 0.25) is 0 Å². The van der Waals surface area contributed by atoms with Crippen molar-refractivity contribution < 1.29 is 4.79 Å². The van der Waals surface area contributed by atoms with Gasteiger partial charge in [-0.2, -0.15) is 0 Å². The van der Waals surface area contributed by atoms with Crippen LogP contribution in [-0.2, 0) is 11.3 Å². The molecule has 0 radical (unpaired) electrons. The highest BCUT2D eigenvalue weighted by atomic mass is 16.1. The zero-order chi connectivity index (χ0) is 14.5. The van der Waals surface area contributed by atoms with Crippen LogP contribution >= 0.6 is 0 Å². The zero-order valence-electron chi connectivity index (χ0n) is 13.0. The van der Waals surface area contributed by atoms with Gasteiger partial charge in [0.1, 0.15) is 5.78 Å². The quantitative estimate of drug-likeness (QED) is 0.830. The average Bonchev–Trinajstić information content (AvgIpc) is 2.74. The summed E-state index contributed by atoms with van der Waals surface area (Å²) in [5.74, 6) is 0.840. The fourth-order valence-corrected chi connectivity index (χ4v) is 4.08. The summed E-state index contributed by atoms with van der Waals surface area (Å²) in [7, 11) is 0. The minimum atomic E-state index is 0.306. The van der Waals surface area contributed by atoms with Crippen LogP contribution in [-0.4, -0.2) is 23.3 Å². The molecule has 0 bridgehead atoms. The maximum absolute atomic E-state index is 12.4. The molecule has 1 aromatic rings. The molecule has 2 fully saturated rings. The molecule has 1 heterocycles. The molecule has 2 atom stereocenters. The van der Waals surface area contributed by atoms with E-state index in [9.17, 15) is 4.79 Å². The number of hydrogen-bond donors (Lipinski definition) is 0. The Kier molecular flexibility index (Phi) is 5.08. The summed E-state index contributed by atoms with van der Waals surface area (Å²) in [4.78, 5) is 15.0. The van der Waals surface area contributed by atoms with E-state index in [1.807, 2.05) is 0 Å². The number of nitrogens with zero attached hydrogens (tertiary/aromatic N) is 1. The predicted molar refractivity (Wildman–Crippen MR) is 86.1 cm³/mol. The lowest BCUT2D eigenvalue weighted by atomic mass is 9.80. The van der Waals surface area contributed by atoms with Gasteiger partial charge in [-0.1, -0.05) is 49.6 Å². The zero-order valence-corrected chi connectivity index (χ0v) is 13.0.